The SMILES string of the molecule is CC(N)c1cncn1Cc1ccccc1F. The third kappa shape index (κ3) is 2.12. The average Bonchev–Trinajstić information content (AvgIpc) is 2.69. The second kappa shape index (κ2) is 4.45. The number of rotatable bonds is 3. The van der Waals surface area contributed by atoms with E-state index in [0.717, 1.165) is 5.69 Å². The van der Waals surface area contributed by atoms with E-state index in [1.807, 2.05) is 17.6 Å². The fourth-order valence-electron chi connectivity index (χ4n) is 1.65. The molecule has 1 unspecified atom stereocenters. The topological polar surface area (TPSA) is 43.8 Å². The molecule has 1 aromatic heterocycles. The smallest absolute Gasteiger partial charge is 0.128 e. The van der Waals surface area contributed by atoms with E-state index in [0.29, 0.717) is 12.1 Å². The highest BCUT2D eigenvalue weighted by atomic mass is 19.1. The van der Waals surface area contributed by atoms with Crippen LogP contribution in [-0.2, 0) is 6.54 Å². The van der Waals surface area contributed by atoms with Crippen molar-refractivity contribution in [2.75, 3.05) is 0 Å². The van der Waals surface area contributed by atoms with Gasteiger partial charge >= 0.3 is 0 Å². The Hall–Kier alpha value is -1.68. The Labute approximate surface area is 93.7 Å². The minimum absolute atomic E-state index is 0.103. The van der Waals surface area contributed by atoms with Crippen LogP contribution in [0.5, 0.6) is 0 Å². The van der Waals surface area contributed by atoms with Crippen molar-refractivity contribution in [1.29, 1.82) is 0 Å². The van der Waals surface area contributed by atoms with Crippen molar-refractivity contribution in [3.05, 3.63) is 53.9 Å². The highest BCUT2D eigenvalue weighted by Gasteiger charge is 2.08. The van der Waals surface area contributed by atoms with Crippen LogP contribution < -0.4 is 5.73 Å². The van der Waals surface area contributed by atoms with Crippen LogP contribution in [0.15, 0.2) is 36.8 Å². The summed E-state index contributed by atoms with van der Waals surface area (Å²) in [5.41, 5.74) is 7.34. The summed E-state index contributed by atoms with van der Waals surface area (Å²) in [7, 11) is 0. The summed E-state index contributed by atoms with van der Waals surface area (Å²) in [5.74, 6) is -0.202. The molecule has 0 spiro atoms. The largest absolute Gasteiger partial charge is 0.329 e. The molecule has 0 saturated heterocycles. The zero-order valence-electron chi connectivity index (χ0n) is 9.10. The fraction of sp³-hybridized carbons (Fsp3) is 0.250. The maximum Gasteiger partial charge on any atom is 0.128 e. The number of hydrogen-bond acceptors (Lipinski definition) is 2. The molecule has 3 nitrogen and oxygen atoms in total. The summed E-state index contributed by atoms with van der Waals surface area (Å²) in [6.07, 6.45) is 3.39. The molecule has 1 aromatic carbocycles. The van der Waals surface area contributed by atoms with Crippen LogP contribution in [0.4, 0.5) is 4.39 Å². The van der Waals surface area contributed by atoms with E-state index in [9.17, 15) is 4.39 Å². The van der Waals surface area contributed by atoms with E-state index >= 15 is 0 Å². The number of aromatic nitrogens is 2. The molecule has 0 aliphatic rings. The summed E-state index contributed by atoms with van der Waals surface area (Å²) < 4.78 is 15.3. The van der Waals surface area contributed by atoms with Gasteiger partial charge < -0.3 is 10.3 Å². The Morgan fingerprint density at radius 1 is 1.44 bits per heavy atom. The number of imidazole rings is 1. The van der Waals surface area contributed by atoms with E-state index < -0.39 is 0 Å². The quantitative estimate of drug-likeness (QED) is 0.859. The Morgan fingerprint density at radius 2 is 2.19 bits per heavy atom. The first-order chi connectivity index (χ1) is 7.68. The Kier molecular flexibility index (Phi) is 3.01. The van der Waals surface area contributed by atoms with Gasteiger partial charge in [-0.3, -0.25) is 0 Å². The first-order valence-corrected chi connectivity index (χ1v) is 5.17. The molecule has 0 fully saturated rings. The van der Waals surface area contributed by atoms with Crippen LogP contribution in [0, 0.1) is 5.82 Å². The summed E-state index contributed by atoms with van der Waals surface area (Å²) in [5, 5.41) is 0. The fourth-order valence-corrected chi connectivity index (χ4v) is 1.65. The first-order valence-electron chi connectivity index (χ1n) is 5.17. The predicted molar refractivity (Wildman–Crippen MR) is 60.3 cm³/mol. The van der Waals surface area contributed by atoms with Gasteiger partial charge in [0.1, 0.15) is 5.82 Å². The third-order valence-corrected chi connectivity index (χ3v) is 2.51. The highest BCUT2D eigenvalue weighted by molar-refractivity contribution is 5.19. The molecule has 84 valence electrons. The molecule has 0 radical (unpaired) electrons. The van der Waals surface area contributed by atoms with Gasteiger partial charge in [0.15, 0.2) is 0 Å². The molecule has 0 amide bonds. The van der Waals surface area contributed by atoms with Gasteiger partial charge in [-0.1, -0.05) is 18.2 Å². The van der Waals surface area contributed by atoms with Crippen molar-refractivity contribution in [2.45, 2.75) is 19.5 Å². The van der Waals surface area contributed by atoms with Gasteiger partial charge in [0, 0.05) is 17.8 Å². The Balaban J connectivity index is 2.27. The molecule has 16 heavy (non-hydrogen) atoms. The second-order valence-corrected chi connectivity index (χ2v) is 3.83. The molecule has 0 aliphatic heterocycles. The van der Waals surface area contributed by atoms with Gasteiger partial charge in [0.2, 0.25) is 0 Å². The molecule has 2 rings (SSSR count). The highest BCUT2D eigenvalue weighted by Crippen LogP contribution is 2.13. The molecule has 2 N–H and O–H groups in total. The Bertz CT molecular complexity index is 477. The van der Waals surface area contributed by atoms with Crippen molar-refractivity contribution in [2.24, 2.45) is 5.73 Å². The lowest BCUT2D eigenvalue weighted by Crippen LogP contribution is -2.12. The zero-order valence-corrected chi connectivity index (χ0v) is 9.10. The third-order valence-electron chi connectivity index (χ3n) is 2.51. The molecule has 0 bridgehead atoms. The van der Waals surface area contributed by atoms with E-state index in [4.69, 9.17) is 5.73 Å². The average molecular weight is 219 g/mol. The maximum atomic E-state index is 13.4. The van der Waals surface area contributed by atoms with E-state index in [1.165, 1.54) is 6.07 Å². The van der Waals surface area contributed by atoms with Gasteiger partial charge in [-0.25, -0.2) is 9.37 Å². The first kappa shape index (κ1) is 10.8. The molecule has 4 heteroatoms. The second-order valence-electron chi connectivity index (χ2n) is 3.83. The van der Waals surface area contributed by atoms with Crippen LogP contribution in [0.3, 0.4) is 0 Å². The normalized spacial score (nSPS) is 12.7. The summed E-state index contributed by atoms with van der Waals surface area (Å²) >= 11 is 0. The summed E-state index contributed by atoms with van der Waals surface area (Å²) in [4.78, 5) is 4.03. The lowest BCUT2D eigenvalue weighted by Gasteiger charge is -2.11. The van der Waals surface area contributed by atoms with E-state index in [-0.39, 0.29) is 11.9 Å². The van der Waals surface area contributed by atoms with E-state index in [1.54, 1.807) is 24.7 Å². The van der Waals surface area contributed by atoms with Crippen molar-refractivity contribution >= 4 is 0 Å². The standard InChI is InChI=1S/C12H14FN3/c1-9(14)12-6-15-8-16(12)7-10-4-2-3-5-11(10)13/h2-6,8-9H,7,14H2,1H3. The predicted octanol–water partition coefficient (Wildman–Crippen LogP) is 2.09. The molecule has 2 aromatic rings. The Morgan fingerprint density at radius 3 is 2.88 bits per heavy atom. The summed E-state index contributed by atoms with van der Waals surface area (Å²) in [6.45, 7) is 2.35. The van der Waals surface area contributed by atoms with Gasteiger partial charge in [-0.05, 0) is 13.0 Å². The molecule has 0 aliphatic carbocycles. The van der Waals surface area contributed by atoms with Crippen molar-refractivity contribution in [3.63, 3.8) is 0 Å². The van der Waals surface area contributed by atoms with Crippen LogP contribution in [-0.4, -0.2) is 9.55 Å². The van der Waals surface area contributed by atoms with Gasteiger partial charge in [0.25, 0.3) is 0 Å². The summed E-state index contributed by atoms with van der Waals surface area (Å²) in [6, 6.07) is 6.62. The number of hydrogen-bond donors (Lipinski definition) is 1. The van der Waals surface area contributed by atoms with Crippen molar-refractivity contribution in [1.82, 2.24) is 9.55 Å². The number of nitrogens with two attached hydrogens (primary N) is 1. The number of halogens is 1. The zero-order chi connectivity index (χ0) is 11.5. The number of nitrogens with zero attached hydrogens (tertiary/aromatic N) is 2. The minimum Gasteiger partial charge on any atom is -0.329 e. The van der Waals surface area contributed by atoms with Crippen LogP contribution >= 0.6 is 0 Å². The van der Waals surface area contributed by atoms with Crippen LogP contribution in [0.2, 0.25) is 0 Å². The van der Waals surface area contributed by atoms with Crippen LogP contribution in [0.1, 0.15) is 24.2 Å². The molecular formula is C12H14FN3. The number of benzene rings is 1. The van der Waals surface area contributed by atoms with Gasteiger partial charge in [-0.15, -0.1) is 0 Å². The minimum atomic E-state index is -0.202. The lowest BCUT2D eigenvalue weighted by molar-refractivity contribution is 0.589. The molecule has 0 saturated carbocycles. The maximum absolute atomic E-state index is 13.4. The molecule has 1 atom stereocenters. The monoisotopic (exact) mass is 219 g/mol. The van der Waals surface area contributed by atoms with Gasteiger partial charge in [-0.2, -0.15) is 0 Å². The lowest BCUT2D eigenvalue weighted by atomic mass is 10.2. The van der Waals surface area contributed by atoms with Gasteiger partial charge in [0.05, 0.1) is 18.6 Å². The van der Waals surface area contributed by atoms with Crippen LogP contribution in [0.25, 0.3) is 0 Å². The molecular weight excluding hydrogens is 205 g/mol. The van der Waals surface area contributed by atoms with E-state index in [2.05, 4.69) is 4.98 Å². The van der Waals surface area contributed by atoms with Crippen molar-refractivity contribution < 1.29 is 4.39 Å². The molecule has 1 heterocycles. The van der Waals surface area contributed by atoms with Crippen molar-refractivity contribution in [3.8, 4) is 0 Å².